The van der Waals surface area contributed by atoms with Crippen molar-refractivity contribution in [1.82, 2.24) is 4.98 Å². The number of aryl methyl sites for hydroxylation is 1. The highest BCUT2D eigenvalue weighted by molar-refractivity contribution is 5.72. The van der Waals surface area contributed by atoms with Crippen LogP contribution in [-0.2, 0) is 6.42 Å². The van der Waals surface area contributed by atoms with E-state index in [0.717, 1.165) is 23.4 Å². The Kier molecular flexibility index (Phi) is 7.33. The fourth-order valence-corrected chi connectivity index (χ4v) is 1.07. The van der Waals surface area contributed by atoms with Gasteiger partial charge in [0, 0.05) is 6.42 Å². The Bertz CT molecular complexity index is 332. The molecule has 0 saturated carbocycles. The molecule has 0 atom stereocenters. The molecule has 0 aliphatic carbocycles. The highest BCUT2D eigenvalue weighted by atomic mass is 16.3. The van der Waals surface area contributed by atoms with Gasteiger partial charge in [0.05, 0.1) is 0 Å². The molecule has 2 heteroatoms. The second-order valence-corrected chi connectivity index (χ2v) is 2.43. The molecule has 0 unspecified atom stereocenters. The Hall–Kier alpha value is -1.31. The van der Waals surface area contributed by atoms with Crippen molar-refractivity contribution in [3.8, 4) is 0 Å². The van der Waals surface area contributed by atoms with E-state index in [-0.39, 0.29) is 0 Å². The summed E-state index contributed by atoms with van der Waals surface area (Å²) < 4.78 is 5.41. The Morgan fingerprint density at radius 2 is 1.67 bits per heavy atom. The van der Waals surface area contributed by atoms with Gasteiger partial charge in [0.1, 0.15) is 5.52 Å². The highest BCUT2D eigenvalue weighted by Gasteiger charge is 2.00. The molecular formula is C13H21NO. The predicted molar refractivity (Wildman–Crippen MR) is 66.1 cm³/mol. The number of rotatable bonds is 1. The minimum atomic E-state index is 0.811. The number of nitrogens with zero attached hydrogens (tertiary/aromatic N) is 1. The summed E-state index contributed by atoms with van der Waals surface area (Å²) in [6.45, 7) is 10.0. The fourth-order valence-electron chi connectivity index (χ4n) is 1.07. The van der Waals surface area contributed by atoms with E-state index in [0.29, 0.717) is 0 Å². The van der Waals surface area contributed by atoms with Crippen LogP contribution in [0.2, 0.25) is 0 Å². The topological polar surface area (TPSA) is 26.0 Å². The lowest BCUT2D eigenvalue weighted by atomic mass is 10.3. The molecular weight excluding hydrogens is 186 g/mol. The second-order valence-electron chi connectivity index (χ2n) is 2.43. The molecule has 1 aromatic carbocycles. The first-order valence-corrected chi connectivity index (χ1v) is 5.74. The molecule has 2 nitrogen and oxygen atoms in total. The smallest absolute Gasteiger partial charge is 0.195 e. The van der Waals surface area contributed by atoms with Crippen LogP contribution in [0.15, 0.2) is 28.7 Å². The Morgan fingerprint density at radius 3 is 2.20 bits per heavy atom. The second kappa shape index (κ2) is 8.04. The zero-order valence-corrected chi connectivity index (χ0v) is 10.4. The third-order valence-corrected chi connectivity index (χ3v) is 1.64. The zero-order chi connectivity index (χ0) is 11.7. The lowest BCUT2D eigenvalue weighted by Gasteiger charge is -1.80. The normalized spacial score (nSPS) is 8.60. The van der Waals surface area contributed by atoms with Gasteiger partial charge >= 0.3 is 0 Å². The molecule has 2 aromatic rings. The van der Waals surface area contributed by atoms with Gasteiger partial charge in [-0.2, -0.15) is 0 Å². The Labute approximate surface area is 92.3 Å². The molecule has 0 radical (unpaired) electrons. The lowest BCUT2D eigenvalue weighted by Crippen LogP contribution is -1.74. The van der Waals surface area contributed by atoms with Crippen molar-refractivity contribution in [1.29, 1.82) is 0 Å². The summed E-state index contributed by atoms with van der Waals surface area (Å²) in [5, 5.41) is 0. The van der Waals surface area contributed by atoms with E-state index in [1.165, 1.54) is 0 Å². The molecule has 0 spiro atoms. The molecule has 0 amide bonds. The molecule has 0 aliphatic rings. The first-order valence-electron chi connectivity index (χ1n) is 5.74. The quantitative estimate of drug-likeness (QED) is 0.690. The largest absolute Gasteiger partial charge is 0.441 e. The summed E-state index contributed by atoms with van der Waals surface area (Å²) >= 11 is 0. The fraction of sp³-hybridized carbons (Fsp3) is 0.462. The van der Waals surface area contributed by atoms with Crippen LogP contribution in [0.1, 0.15) is 40.5 Å². The monoisotopic (exact) mass is 207 g/mol. The molecule has 0 N–H and O–H groups in total. The number of para-hydroxylation sites is 2. The van der Waals surface area contributed by atoms with Crippen molar-refractivity contribution in [2.45, 2.75) is 41.0 Å². The summed E-state index contributed by atoms with van der Waals surface area (Å²) in [6.07, 6.45) is 0.856. The molecule has 1 aromatic heterocycles. The van der Waals surface area contributed by atoms with Gasteiger partial charge in [0.2, 0.25) is 0 Å². The number of oxazole rings is 1. The number of benzene rings is 1. The maximum Gasteiger partial charge on any atom is 0.195 e. The third kappa shape index (κ3) is 3.74. The van der Waals surface area contributed by atoms with E-state index in [4.69, 9.17) is 4.42 Å². The summed E-state index contributed by atoms with van der Waals surface area (Å²) in [6, 6.07) is 7.80. The van der Waals surface area contributed by atoms with Crippen molar-refractivity contribution >= 4 is 11.1 Å². The summed E-state index contributed by atoms with van der Waals surface area (Å²) in [5.41, 5.74) is 1.83. The molecule has 0 bridgehead atoms. The van der Waals surface area contributed by atoms with Gasteiger partial charge in [0.15, 0.2) is 11.5 Å². The predicted octanol–water partition coefficient (Wildman–Crippen LogP) is 4.44. The van der Waals surface area contributed by atoms with Crippen molar-refractivity contribution in [2.24, 2.45) is 0 Å². The van der Waals surface area contributed by atoms with Crippen LogP contribution in [0.25, 0.3) is 11.1 Å². The Balaban J connectivity index is 0.000000442. The maximum absolute atomic E-state index is 5.41. The van der Waals surface area contributed by atoms with Crippen LogP contribution >= 0.6 is 0 Å². The number of hydrogen-bond acceptors (Lipinski definition) is 2. The van der Waals surface area contributed by atoms with Crippen molar-refractivity contribution < 1.29 is 4.42 Å². The first kappa shape index (κ1) is 13.7. The molecule has 2 rings (SSSR count). The van der Waals surface area contributed by atoms with Crippen LogP contribution < -0.4 is 0 Å². The molecule has 1 heterocycles. The minimum Gasteiger partial charge on any atom is -0.441 e. The maximum atomic E-state index is 5.41. The van der Waals surface area contributed by atoms with Crippen molar-refractivity contribution in [3.63, 3.8) is 0 Å². The number of aromatic nitrogens is 1. The molecule has 0 fully saturated rings. The van der Waals surface area contributed by atoms with Crippen LogP contribution in [-0.4, -0.2) is 4.98 Å². The molecule has 84 valence electrons. The van der Waals surface area contributed by atoms with Crippen molar-refractivity contribution in [3.05, 3.63) is 30.2 Å². The van der Waals surface area contributed by atoms with Gasteiger partial charge in [-0.25, -0.2) is 4.98 Å². The molecule has 0 saturated heterocycles. The van der Waals surface area contributed by atoms with E-state index >= 15 is 0 Å². The van der Waals surface area contributed by atoms with Crippen LogP contribution in [0.4, 0.5) is 0 Å². The molecule has 15 heavy (non-hydrogen) atoms. The summed E-state index contributed by atoms with van der Waals surface area (Å²) in [7, 11) is 0. The van der Waals surface area contributed by atoms with Crippen LogP contribution in [0, 0.1) is 0 Å². The highest BCUT2D eigenvalue weighted by Crippen LogP contribution is 2.14. The standard InChI is InChI=1S/C9H9NO.2C2H6/c1-2-9-10-7-5-3-4-6-8(7)11-9;2*1-2/h3-6H,2H2,1H3;2*1-2H3. The van der Waals surface area contributed by atoms with Gasteiger partial charge < -0.3 is 4.42 Å². The van der Waals surface area contributed by atoms with Gasteiger partial charge in [-0.05, 0) is 12.1 Å². The first-order chi connectivity index (χ1) is 7.40. The van der Waals surface area contributed by atoms with Crippen LogP contribution in [0.5, 0.6) is 0 Å². The summed E-state index contributed by atoms with van der Waals surface area (Å²) in [5.74, 6) is 0.811. The average Bonchev–Trinajstić information content (AvgIpc) is 2.77. The minimum absolute atomic E-state index is 0.811. The number of fused-ring (bicyclic) bond motifs is 1. The number of hydrogen-bond donors (Lipinski definition) is 0. The third-order valence-electron chi connectivity index (χ3n) is 1.64. The van der Waals surface area contributed by atoms with Crippen molar-refractivity contribution in [2.75, 3.05) is 0 Å². The van der Waals surface area contributed by atoms with Gasteiger partial charge in [-0.15, -0.1) is 0 Å². The zero-order valence-electron chi connectivity index (χ0n) is 10.4. The Morgan fingerprint density at radius 1 is 1.07 bits per heavy atom. The van der Waals surface area contributed by atoms with Crippen LogP contribution in [0.3, 0.4) is 0 Å². The van der Waals surface area contributed by atoms with E-state index in [1.807, 2.05) is 58.9 Å². The lowest BCUT2D eigenvalue weighted by molar-refractivity contribution is 0.538. The van der Waals surface area contributed by atoms with E-state index < -0.39 is 0 Å². The van der Waals surface area contributed by atoms with Gasteiger partial charge in [-0.1, -0.05) is 46.8 Å². The SMILES string of the molecule is CC.CC.CCc1nc2ccccc2o1. The van der Waals surface area contributed by atoms with E-state index in [1.54, 1.807) is 0 Å². The van der Waals surface area contributed by atoms with E-state index in [9.17, 15) is 0 Å². The van der Waals surface area contributed by atoms with Gasteiger partial charge in [0.25, 0.3) is 0 Å². The van der Waals surface area contributed by atoms with Gasteiger partial charge in [-0.3, -0.25) is 0 Å². The average molecular weight is 207 g/mol. The molecule has 0 aliphatic heterocycles. The summed E-state index contributed by atoms with van der Waals surface area (Å²) in [4.78, 5) is 4.26. The van der Waals surface area contributed by atoms with E-state index in [2.05, 4.69) is 4.98 Å².